The number of hydrogen-bond donors (Lipinski definition) is 2. The highest BCUT2D eigenvalue weighted by molar-refractivity contribution is 7.80. The van der Waals surface area contributed by atoms with E-state index in [1.165, 1.54) is 0 Å². The average molecular weight is 257 g/mol. The summed E-state index contributed by atoms with van der Waals surface area (Å²) in [5, 5.41) is 10.1. The second-order valence-corrected chi connectivity index (χ2v) is 4.92. The first-order valence-electron chi connectivity index (χ1n) is 5.60. The fourth-order valence-electron chi connectivity index (χ4n) is 2.31. The molecule has 0 atom stereocenters. The molecule has 1 aliphatic carbocycles. The van der Waals surface area contributed by atoms with Crippen molar-refractivity contribution in [2.24, 2.45) is 0 Å². The van der Waals surface area contributed by atoms with Crippen LogP contribution in [-0.2, 0) is 0 Å². The number of H-pyrrole nitrogens is 1. The standard InChI is InChI=1S/C13H11N3OS/c1-6-10-12(16-15-6)8-4-3-5-9(14-7(2)18)11(8)13(10)17/h3-5H,1-2H3,(H,14,18)(H,15,16). The van der Waals surface area contributed by atoms with E-state index in [0.717, 1.165) is 22.6 Å². The van der Waals surface area contributed by atoms with Gasteiger partial charge in [0.15, 0.2) is 5.78 Å². The third-order valence-corrected chi connectivity index (χ3v) is 3.13. The Balaban J connectivity index is 2.24. The quantitative estimate of drug-likeness (QED) is 0.658. The highest BCUT2D eigenvalue weighted by Crippen LogP contribution is 2.40. The summed E-state index contributed by atoms with van der Waals surface area (Å²) in [5.74, 6) is 0.00519. The van der Waals surface area contributed by atoms with Crippen molar-refractivity contribution in [3.8, 4) is 11.3 Å². The molecule has 1 aromatic heterocycles. The summed E-state index contributed by atoms with van der Waals surface area (Å²) in [7, 11) is 0. The number of rotatable bonds is 1. The van der Waals surface area contributed by atoms with Crippen molar-refractivity contribution in [1.82, 2.24) is 10.2 Å². The normalized spacial score (nSPS) is 12.2. The van der Waals surface area contributed by atoms with Crippen molar-refractivity contribution in [3.05, 3.63) is 35.0 Å². The number of aromatic nitrogens is 2. The van der Waals surface area contributed by atoms with Gasteiger partial charge >= 0.3 is 0 Å². The van der Waals surface area contributed by atoms with Crippen LogP contribution in [0.15, 0.2) is 18.2 Å². The summed E-state index contributed by atoms with van der Waals surface area (Å²) in [4.78, 5) is 13.1. The Labute approximate surface area is 109 Å². The maximum Gasteiger partial charge on any atom is 0.199 e. The van der Waals surface area contributed by atoms with Gasteiger partial charge in [0.25, 0.3) is 0 Å². The van der Waals surface area contributed by atoms with Gasteiger partial charge in [0, 0.05) is 11.3 Å². The van der Waals surface area contributed by atoms with Gasteiger partial charge in [0.2, 0.25) is 0 Å². The van der Waals surface area contributed by atoms with E-state index in [1.54, 1.807) is 6.92 Å². The molecule has 0 fully saturated rings. The fourth-order valence-corrected chi connectivity index (χ4v) is 2.42. The predicted octanol–water partition coefficient (Wildman–Crippen LogP) is 2.69. The summed E-state index contributed by atoms with van der Waals surface area (Å²) >= 11 is 5.03. The van der Waals surface area contributed by atoms with Crippen molar-refractivity contribution in [1.29, 1.82) is 0 Å². The van der Waals surface area contributed by atoms with Gasteiger partial charge in [-0.25, -0.2) is 0 Å². The molecule has 18 heavy (non-hydrogen) atoms. The van der Waals surface area contributed by atoms with E-state index in [1.807, 2.05) is 25.1 Å². The molecule has 0 unspecified atom stereocenters. The van der Waals surface area contributed by atoms with Gasteiger partial charge in [-0.15, -0.1) is 0 Å². The van der Waals surface area contributed by atoms with Gasteiger partial charge in [-0.1, -0.05) is 24.4 Å². The summed E-state index contributed by atoms with van der Waals surface area (Å²) < 4.78 is 0. The lowest BCUT2D eigenvalue weighted by molar-refractivity contribution is 0.104. The van der Waals surface area contributed by atoms with Crippen LogP contribution in [0.3, 0.4) is 0 Å². The SMILES string of the molecule is CC(=S)Nc1cccc2c1C(=O)c1c-2n[nH]c1C. The Hall–Kier alpha value is -2.01. The Bertz CT molecular complexity index is 688. The maximum atomic E-state index is 12.4. The van der Waals surface area contributed by atoms with Crippen molar-refractivity contribution in [2.45, 2.75) is 13.8 Å². The molecule has 3 rings (SSSR count). The van der Waals surface area contributed by atoms with E-state index in [-0.39, 0.29) is 5.78 Å². The average Bonchev–Trinajstić information content (AvgIpc) is 2.81. The molecule has 0 aliphatic heterocycles. The molecule has 90 valence electrons. The number of fused-ring (bicyclic) bond motifs is 3. The zero-order valence-electron chi connectivity index (χ0n) is 10.00. The summed E-state index contributed by atoms with van der Waals surface area (Å²) in [5.41, 5.74) is 4.48. The molecule has 2 N–H and O–H groups in total. The molecule has 2 aromatic rings. The number of carbonyl (C=O) groups excluding carboxylic acids is 1. The number of ketones is 1. The number of benzene rings is 1. The Morgan fingerprint density at radius 2 is 2.17 bits per heavy atom. The van der Waals surface area contributed by atoms with Crippen LogP contribution in [0.4, 0.5) is 5.69 Å². The van der Waals surface area contributed by atoms with Gasteiger partial charge in [-0.3, -0.25) is 9.89 Å². The number of hydrogen-bond acceptors (Lipinski definition) is 3. The molecular weight excluding hydrogens is 246 g/mol. The Morgan fingerprint density at radius 1 is 1.39 bits per heavy atom. The molecule has 1 aliphatic rings. The molecule has 0 bridgehead atoms. The maximum absolute atomic E-state index is 12.4. The van der Waals surface area contributed by atoms with Crippen LogP contribution in [0.5, 0.6) is 0 Å². The van der Waals surface area contributed by atoms with Crippen LogP contribution in [0.2, 0.25) is 0 Å². The van der Waals surface area contributed by atoms with E-state index >= 15 is 0 Å². The van der Waals surface area contributed by atoms with Gasteiger partial charge < -0.3 is 5.32 Å². The zero-order chi connectivity index (χ0) is 12.9. The van der Waals surface area contributed by atoms with Crippen molar-refractivity contribution in [3.63, 3.8) is 0 Å². The Morgan fingerprint density at radius 3 is 2.89 bits per heavy atom. The van der Waals surface area contributed by atoms with E-state index in [4.69, 9.17) is 12.2 Å². The number of carbonyl (C=O) groups is 1. The lowest BCUT2D eigenvalue weighted by atomic mass is 10.1. The monoisotopic (exact) mass is 257 g/mol. The first-order valence-corrected chi connectivity index (χ1v) is 6.01. The topological polar surface area (TPSA) is 57.8 Å². The number of nitrogens with zero attached hydrogens (tertiary/aromatic N) is 1. The molecule has 4 nitrogen and oxygen atoms in total. The smallest absolute Gasteiger partial charge is 0.199 e. The molecule has 0 saturated carbocycles. The van der Waals surface area contributed by atoms with Crippen molar-refractivity contribution < 1.29 is 4.79 Å². The molecule has 1 aromatic carbocycles. The first kappa shape index (κ1) is 11.1. The number of anilines is 1. The minimum atomic E-state index is 0.00519. The van der Waals surface area contributed by atoms with Crippen LogP contribution in [0, 0.1) is 6.92 Å². The van der Waals surface area contributed by atoms with Gasteiger partial charge in [0.1, 0.15) is 5.69 Å². The van der Waals surface area contributed by atoms with E-state index < -0.39 is 0 Å². The highest BCUT2D eigenvalue weighted by Gasteiger charge is 2.33. The molecular formula is C13H11N3OS. The highest BCUT2D eigenvalue weighted by atomic mass is 32.1. The number of thiocarbonyl (C=S) groups is 1. The minimum absolute atomic E-state index is 0.00519. The van der Waals surface area contributed by atoms with Crippen molar-refractivity contribution in [2.75, 3.05) is 5.32 Å². The van der Waals surface area contributed by atoms with E-state index in [0.29, 0.717) is 16.1 Å². The number of aromatic amines is 1. The van der Waals surface area contributed by atoms with Gasteiger partial charge in [0.05, 0.1) is 21.8 Å². The summed E-state index contributed by atoms with van der Waals surface area (Å²) in [6.07, 6.45) is 0. The lowest BCUT2D eigenvalue weighted by Gasteiger charge is -2.08. The molecule has 1 heterocycles. The molecule has 0 radical (unpaired) electrons. The molecule has 0 amide bonds. The van der Waals surface area contributed by atoms with Crippen LogP contribution in [0.25, 0.3) is 11.3 Å². The molecule has 5 heteroatoms. The fraction of sp³-hybridized carbons (Fsp3) is 0.154. The summed E-state index contributed by atoms with van der Waals surface area (Å²) in [6.45, 7) is 3.64. The van der Waals surface area contributed by atoms with Crippen LogP contribution >= 0.6 is 12.2 Å². The zero-order valence-corrected chi connectivity index (χ0v) is 10.8. The van der Waals surface area contributed by atoms with Gasteiger partial charge in [-0.2, -0.15) is 5.10 Å². The van der Waals surface area contributed by atoms with E-state index in [2.05, 4.69) is 15.5 Å². The molecule has 0 spiro atoms. The van der Waals surface area contributed by atoms with Gasteiger partial charge in [-0.05, 0) is 19.9 Å². The van der Waals surface area contributed by atoms with Crippen LogP contribution in [-0.4, -0.2) is 21.0 Å². The second-order valence-electron chi connectivity index (χ2n) is 4.31. The minimum Gasteiger partial charge on any atom is -0.350 e. The lowest BCUT2D eigenvalue weighted by Crippen LogP contribution is -2.08. The Kier molecular flexibility index (Phi) is 2.31. The van der Waals surface area contributed by atoms with Crippen molar-refractivity contribution >= 4 is 28.7 Å². The molecule has 0 saturated heterocycles. The van der Waals surface area contributed by atoms with Crippen LogP contribution in [0.1, 0.15) is 28.5 Å². The third kappa shape index (κ3) is 1.41. The second kappa shape index (κ2) is 3.74. The first-order chi connectivity index (χ1) is 8.59. The third-order valence-electron chi connectivity index (χ3n) is 3.03. The number of aryl methyl sites for hydroxylation is 1. The van der Waals surface area contributed by atoms with E-state index in [9.17, 15) is 4.79 Å². The predicted molar refractivity (Wildman–Crippen MR) is 74.1 cm³/mol. The summed E-state index contributed by atoms with van der Waals surface area (Å²) in [6, 6.07) is 5.66. The van der Waals surface area contributed by atoms with Crippen LogP contribution < -0.4 is 5.32 Å². The number of nitrogens with one attached hydrogen (secondary N) is 2. The largest absolute Gasteiger partial charge is 0.350 e.